The highest BCUT2D eigenvalue weighted by atomic mass is 16.6. The number of nitrogens with zero attached hydrogens (tertiary/aromatic N) is 3. The second kappa shape index (κ2) is 10.9. The minimum absolute atomic E-state index is 0.345. The molecule has 1 heterocycles. The van der Waals surface area contributed by atoms with E-state index in [2.05, 4.69) is 14.8 Å². The van der Waals surface area contributed by atoms with Crippen LogP contribution in [0.2, 0.25) is 0 Å². The van der Waals surface area contributed by atoms with Crippen LogP contribution in [0.3, 0.4) is 0 Å². The molecule has 13 heteroatoms. The molecule has 0 aromatic heterocycles. The zero-order chi connectivity index (χ0) is 22.1. The summed E-state index contributed by atoms with van der Waals surface area (Å²) >= 11 is 0. The summed E-state index contributed by atoms with van der Waals surface area (Å²) in [5.41, 5.74) is 14.9. The van der Waals surface area contributed by atoms with Gasteiger partial charge in [-0.1, -0.05) is 5.11 Å². The van der Waals surface area contributed by atoms with E-state index in [1.54, 1.807) is 0 Å². The summed E-state index contributed by atoms with van der Waals surface area (Å²) in [5.74, 6) is -3.48. The molecular weight excluding hydrogens is 392 g/mol. The van der Waals surface area contributed by atoms with Crippen molar-refractivity contribution in [3.8, 4) is 0 Å². The maximum absolute atomic E-state index is 11.9. The van der Waals surface area contributed by atoms with Crippen LogP contribution >= 0.6 is 0 Å². The van der Waals surface area contributed by atoms with Crippen LogP contribution < -0.4 is 5.73 Å². The maximum Gasteiger partial charge on any atom is 0.372 e. The quantitative estimate of drug-likeness (QED) is 0.184. The summed E-state index contributed by atoms with van der Waals surface area (Å²) < 4.78 is 25.3. The topological polar surface area (TPSA) is 189 Å². The lowest BCUT2D eigenvalue weighted by molar-refractivity contribution is -0.187. The number of nitrogens with two attached hydrogens (primary N) is 1. The number of azide groups is 1. The minimum Gasteiger partial charge on any atom is -0.478 e. The van der Waals surface area contributed by atoms with Crippen LogP contribution in [0.25, 0.3) is 10.4 Å². The molecule has 5 atom stereocenters. The van der Waals surface area contributed by atoms with Gasteiger partial charge in [-0.2, -0.15) is 0 Å². The number of ether oxygens (including phenoxy) is 5. The summed E-state index contributed by atoms with van der Waals surface area (Å²) in [6.45, 7) is 2.82. The second-order valence-electron chi connectivity index (χ2n) is 5.90. The molecule has 0 aromatic rings. The number of rotatable bonds is 8. The van der Waals surface area contributed by atoms with Gasteiger partial charge in [0.2, 0.25) is 5.76 Å². The molecule has 1 aliphatic heterocycles. The smallest absolute Gasteiger partial charge is 0.372 e. The molecule has 1 unspecified atom stereocenters. The van der Waals surface area contributed by atoms with Crippen LogP contribution in [0.1, 0.15) is 20.8 Å². The monoisotopic (exact) mass is 414 g/mol. The number of carbonyl (C=O) groups is 4. The van der Waals surface area contributed by atoms with Crippen LogP contribution in [0.5, 0.6) is 0 Å². The first kappa shape index (κ1) is 23.7. The Morgan fingerprint density at radius 3 is 2.31 bits per heavy atom. The molecule has 0 fully saturated rings. The van der Waals surface area contributed by atoms with E-state index in [0.29, 0.717) is 0 Å². The third kappa shape index (κ3) is 6.97. The zero-order valence-electron chi connectivity index (χ0n) is 16.3. The van der Waals surface area contributed by atoms with Gasteiger partial charge in [0.25, 0.3) is 0 Å². The molecule has 0 spiro atoms. The Kier molecular flexibility index (Phi) is 8.90. The molecule has 13 nitrogen and oxygen atoms in total. The molecule has 0 radical (unpaired) electrons. The fourth-order valence-electron chi connectivity index (χ4n) is 2.55. The van der Waals surface area contributed by atoms with Gasteiger partial charge >= 0.3 is 23.9 Å². The van der Waals surface area contributed by atoms with Gasteiger partial charge in [0, 0.05) is 25.7 Å². The Labute approximate surface area is 165 Å². The summed E-state index contributed by atoms with van der Waals surface area (Å²) in [7, 11) is 1.10. The van der Waals surface area contributed by atoms with Crippen molar-refractivity contribution in [3.05, 3.63) is 22.3 Å². The highest BCUT2D eigenvalue weighted by molar-refractivity contribution is 5.86. The van der Waals surface area contributed by atoms with E-state index >= 15 is 0 Å². The largest absolute Gasteiger partial charge is 0.478 e. The molecule has 29 heavy (non-hydrogen) atoms. The average molecular weight is 414 g/mol. The molecule has 0 aliphatic carbocycles. The first-order valence-electron chi connectivity index (χ1n) is 8.35. The highest BCUT2D eigenvalue weighted by Crippen LogP contribution is 2.27. The number of hydrogen-bond acceptors (Lipinski definition) is 11. The van der Waals surface area contributed by atoms with Gasteiger partial charge in [0.15, 0.2) is 18.3 Å². The zero-order valence-corrected chi connectivity index (χ0v) is 16.3. The summed E-state index contributed by atoms with van der Waals surface area (Å²) in [6, 6.07) is -2.18. The highest BCUT2D eigenvalue weighted by Gasteiger charge is 2.45. The van der Waals surface area contributed by atoms with Crippen molar-refractivity contribution < 1.29 is 42.9 Å². The van der Waals surface area contributed by atoms with Gasteiger partial charge in [-0.3, -0.25) is 14.4 Å². The van der Waals surface area contributed by atoms with Crippen LogP contribution in [0.15, 0.2) is 16.9 Å². The molecule has 0 amide bonds. The van der Waals surface area contributed by atoms with Gasteiger partial charge in [0.1, 0.15) is 6.61 Å². The summed E-state index contributed by atoms with van der Waals surface area (Å²) in [6.07, 6.45) is -2.88. The predicted octanol–water partition coefficient (Wildman–Crippen LogP) is -0.125. The van der Waals surface area contributed by atoms with Crippen molar-refractivity contribution >= 4 is 23.9 Å². The summed E-state index contributed by atoms with van der Waals surface area (Å²) in [4.78, 5) is 48.9. The van der Waals surface area contributed by atoms with Crippen LogP contribution in [-0.2, 0) is 42.9 Å². The fraction of sp³-hybridized carbons (Fsp3) is 0.625. The standard InChI is InChI=1S/C16H22N4O9/c1-7(21)26-6-12(27-8(2)22)14(28-9(3)23)15-13(17)10(19-20-18)5-11(29-15)16(24)25-4/h5,10,12-15H,6,17H2,1-4H3/t10-,12?,13+,14+,15+/m0/s1. The van der Waals surface area contributed by atoms with Crippen molar-refractivity contribution in [3.63, 3.8) is 0 Å². The Morgan fingerprint density at radius 1 is 1.21 bits per heavy atom. The molecule has 2 N–H and O–H groups in total. The van der Waals surface area contributed by atoms with E-state index in [1.165, 1.54) is 0 Å². The third-order valence-electron chi connectivity index (χ3n) is 3.69. The Morgan fingerprint density at radius 2 is 1.83 bits per heavy atom. The van der Waals surface area contributed by atoms with E-state index in [1.807, 2.05) is 0 Å². The van der Waals surface area contributed by atoms with Gasteiger partial charge < -0.3 is 29.4 Å². The van der Waals surface area contributed by atoms with Gasteiger partial charge in [0.05, 0.1) is 19.2 Å². The predicted molar refractivity (Wildman–Crippen MR) is 93.6 cm³/mol. The molecule has 160 valence electrons. The Balaban J connectivity index is 3.36. The molecule has 0 saturated heterocycles. The van der Waals surface area contributed by atoms with E-state index in [4.69, 9.17) is 30.2 Å². The Bertz CT molecular complexity index is 732. The van der Waals surface area contributed by atoms with Crippen LogP contribution in [-0.4, -0.2) is 68.0 Å². The van der Waals surface area contributed by atoms with E-state index in [0.717, 1.165) is 34.0 Å². The Hall–Kier alpha value is -3.31. The SMILES string of the molecule is COC(=O)C1=C[C@H](N=[N+]=[N-])[C@@H](N)[C@H]([C@H](OC(C)=O)C(COC(C)=O)OC(C)=O)O1. The van der Waals surface area contributed by atoms with Crippen molar-refractivity contribution in [2.24, 2.45) is 10.8 Å². The lowest BCUT2D eigenvalue weighted by Gasteiger charge is -2.39. The number of hydrogen-bond donors (Lipinski definition) is 1. The molecule has 1 aliphatic rings. The molecule has 1 rings (SSSR count). The maximum atomic E-state index is 11.9. The van der Waals surface area contributed by atoms with E-state index in [9.17, 15) is 19.2 Å². The number of methoxy groups -OCH3 is 1. The van der Waals surface area contributed by atoms with Crippen molar-refractivity contribution in [2.45, 2.75) is 51.2 Å². The van der Waals surface area contributed by atoms with Crippen LogP contribution in [0, 0.1) is 0 Å². The minimum atomic E-state index is -1.41. The fourth-order valence-corrected chi connectivity index (χ4v) is 2.55. The van der Waals surface area contributed by atoms with E-state index < -0.39 is 60.9 Å². The van der Waals surface area contributed by atoms with Crippen LogP contribution in [0.4, 0.5) is 0 Å². The second-order valence-corrected chi connectivity index (χ2v) is 5.90. The molecule has 0 saturated carbocycles. The summed E-state index contributed by atoms with van der Waals surface area (Å²) in [5, 5.41) is 3.50. The van der Waals surface area contributed by atoms with Crippen molar-refractivity contribution in [1.82, 2.24) is 0 Å². The lowest BCUT2D eigenvalue weighted by Crippen LogP contribution is -2.58. The number of esters is 4. The third-order valence-corrected chi connectivity index (χ3v) is 3.69. The molecule has 0 aromatic carbocycles. The molecular formula is C16H22N4O9. The van der Waals surface area contributed by atoms with Gasteiger partial charge in [-0.25, -0.2) is 4.79 Å². The van der Waals surface area contributed by atoms with Crippen molar-refractivity contribution in [1.29, 1.82) is 0 Å². The molecule has 0 bridgehead atoms. The van der Waals surface area contributed by atoms with Crippen molar-refractivity contribution in [2.75, 3.05) is 13.7 Å². The van der Waals surface area contributed by atoms with Gasteiger partial charge in [-0.15, -0.1) is 0 Å². The lowest BCUT2D eigenvalue weighted by atomic mass is 9.93. The van der Waals surface area contributed by atoms with Gasteiger partial charge in [-0.05, 0) is 11.6 Å². The first-order chi connectivity index (χ1) is 13.6. The first-order valence-corrected chi connectivity index (χ1v) is 8.35. The number of carbonyl (C=O) groups excluding carboxylic acids is 4. The normalized spacial score (nSPS) is 22.5. The van der Waals surface area contributed by atoms with E-state index in [-0.39, 0.29) is 5.76 Å². The average Bonchev–Trinajstić information content (AvgIpc) is 2.64.